The van der Waals surface area contributed by atoms with E-state index >= 15 is 0 Å². The van der Waals surface area contributed by atoms with E-state index in [0.29, 0.717) is 21.1 Å². The lowest BCUT2D eigenvalue weighted by atomic mass is 10.1. The topological polar surface area (TPSA) is 94.4 Å². The average Bonchev–Trinajstić information content (AvgIpc) is 3.00. The van der Waals surface area contributed by atoms with E-state index in [4.69, 9.17) is 0 Å². The second kappa shape index (κ2) is 6.81. The number of esters is 1. The van der Waals surface area contributed by atoms with Crippen molar-refractivity contribution in [3.05, 3.63) is 50.0 Å². The van der Waals surface area contributed by atoms with Crippen molar-refractivity contribution in [2.45, 2.75) is 0 Å². The third-order valence-electron chi connectivity index (χ3n) is 2.82. The molecule has 0 atom stereocenters. The fourth-order valence-electron chi connectivity index (χ4n) is 1.74. The van der Waals surface area contributed by atoms with Gasteiger partial charge in [-0.05, 0) is 17.7 Å². The highest BCUT2D eigenvalue weighted by Gasteiger charge is 2.12. The highest BCUT2D eigenvalue weighted by Crippen LogP contribution is 2.26. The summed E-state index contributed by atoms with van der Waals surface area (Å²) < 4.78 is 4.61. The molecule has 0 aliphatic rings. The Morgan fingerprint density at radius 3 is 2.86 bits per heavy atom. The second-order valence-corrected chi connectivity index (χ2v) is 5.23. The van der Waals surface area contributed by atoms with Gasteiger partial charge in [0.15, 0.2) is 0 Å². The number of ether oxygens (including phenoxy) is 1. The number of hydrogen-bond acceptors (Lipinski definition) is 7. The largest absolute Gasteiger partial charge is 0.465 e. The van der Waals surface area contributed by atoms with Crippen molar-refractivity contribution in [2.75, 3.05) is 19.5 Å². The van der Waals surface area contributed by atoms with Crippen LogP contribution in [0.2, 0.25) is 0 Å². The Morgan fingerprint density at radius 1 is 1.45 bits per heavy atom. The van der Waals surface area contributed by atoms with Crippen LogP contribution in [0.5, 0.6) is 0 Å². The summed E-state index contributed by atoms with van der Waals surface area (Å²) in [5, 5.41) is 14.4. The van der Waals surface area contributed by atoms with E-state index in [-0.39, 0.29) is 5.69 Å². The van der Waals surface area contributed by atoms with Crippen molar-refractivity contribution in [2.24, 2.45) is 0 Å². The van der Waals surface area contributed by atoms with Crippen molar-refractivity contribution in [1.29, 1.82) is 0 Å². The first-order valence-corrected chi connectivity index (χ1v) is 7.05. The Kier molecular flexibility index (Phi) is 4.84. The second-order valence-electron chi connectivity index (χ2n) is 4.17. The smallest absolute Gasteiger partial charge is 0.349 e. The molecule has 1 aromatic carbocycles. The van der Waals surface area contributed by atoms with Crippen molar-refractivity contribution >= 4 is 40.8 Å². The molecule has 7 nitrogen and oxygen atoms in total. The first kappa shape index (κ1) is 15.6. The number of nitro groups is 1. The number of thiazole rings is 1. The zero-order chi connectivity index (χ0) is 16.1. The molecule has 22 heavy (non-hydrogen) atoms. The molecule has 0 fully saturated rings. The molecule has 0 radical (unpaired) electrons. The minimum atomic E-state index is -0.443. The summed E-state index contributed by atoms with van der Waals surface area (Å²) in [6.45, 7) is 0. The lowest BCUT2D eigenvalue weighted by molar-refractivity contribution is -0.383. The van der Waals surface area contributed by atoms with Crippen LogP contribution in [-0.2, 0) is 4.74 Å². The lowest BCUT2D eigenvalue weighted by Crippen LogP contribution is -1.96. The van der Waals surface area contributed by atoms with Gasteiger partial charge in [-0.2, -0.15) is 0 Å². The van der Waals surface area contributed by atoms with Gasteiger partial charge in [-0.1, -0.05) is 12.1 Å². The molecule has 0 spiro atoms. The predicted octanol–water partition coefficient (Wildman–Crippen LogP) is 3.05. The van der Waals surface area contributed by atoms with Crippen LogP contribution in [-0.4, -0.2) is 30.0 Å². The first-order valence-electron chi connectivity index (χ1n) is 6.23. The van der Waals surface area contributed by atoms with Gasteiger partial charge in [-0.25, -0.2) is 9.78 Å². The predicted molar refractivity (Wildman–Crippen MR) is 85.0 cm³/mol. The van der Waals surface area contributed by atoms with Crippen LogP contribution >= 0.6 is 11.3 Å². The number of benzene rings is 1. The zero-order valence-electron chi connectivity index (χ0n) is 11.9. The Hall–Kier alpha value is -2.74. The van der Waals surface area contributed by atoms with E-state index in [2.05, 4.69) is 15.0 Å². The number of nitrogens with zero attached hydrogens (tertiary/aromatic N) is 2. The van der Waals surface area contributed by atoms with Gasteiger partial charge < -0.3 is 10.1 Å². The molecule has 2 aromatic rings. The number of rotatable bonds is 5. The molecule has 0 bridgehead atoms. The van der Waals surface area contributed by atoms with Gasteiger partial charge in [0, 0.05) is 13.1 Å². The zero-order valence-corrected chi connectivity index (χ0v) is 12.7. The van der Waals surface area contributed by atoms with Gasteiger partial charge in [0.25, 0.3) is 5.69 Å². The van der Waals surface area contributed by atoms with E-state index in [1.165, 1.54) is 30.7 Å². The molecule has 1 N–H and O–H groups in total. The third-order valence-corrected chi connectivity index (χ3v) is 3.76. The maximum Gasteiger partial charge on any atom is 0.349 e. The molecule has 2 rings (SSSR count). The van der Waals surface area contributed by atoms with E-state index < -0.39 is 10.9 Å². The Bertz CT molecular complexity index is 739. The Morgan fingerprint density at radius 2 is 2.23 bits per heavy atom. The molecule has 0 amide bonds. The summed E-state index contributed by atoms with van der Waals surface area (Å²) in [6, 6.07) is 4.86. The van der Waals surface area contributed by atoms with Gasteiger partial charge in [-0.3, -0.25) is 10.1 Å². The van der Waals surface area contributed by atoms with Crippen LogP contribution in [0.4, 0.5) is 11.4 Å². The molecule has 114 valence electrons. The fourth-order valence-corrected chi connectivity index (χ4v) is 2.48. The molecular formula is C14H13N3O4S. The number of nitro benzene ring substituents is 1. The fraction of sp³-hybridized carbons (Fsp3) is 0.143. The van der Waals surface area contributed by atoms with Crippen LogP contribution in [0.1, 0.15) is 20.2 Å². The van der Waals surface area contributed by atoms with Crippen LogP contribution in [0.15, 0.2) is 24.4 Å². The number of methoxy groups -OCH3 is 1. The van der Waals surface area contributed by atoms with E-state index in [1.54, 1.807) is 31.3 Å². The molecule has 1 heterocycles. The SMILES string of the molecule is CNc1ccc(/C=C/c2ncc(C(=O)OC)s2)cc1[N+](=O)[O-]. The summed E-state index contributed by atoms with van der Waals surface area (Å²) in [5.41, 5.74) is 1.11. The minimum Gasteiger partial charge on any atom is -0.465 e. The normalized spacial score (nSPS) is 10.6. The molecule has 0 aliphatic heterocycles. The lowest BCUT2D eigenvalue weighted by Gasteiger charge is -2.02. The van der Waals surface area contributed by atoms with E-state index in [1.807, 2.05) is 0 Å². The van der Waals surface area contributed by atoms with Crippen molar-refractivity contribution < 1.29 is 14.5 Å². The molecule has 0 saturated carbocycles. The summed E-state index contributed by atoms with van der Waals surface area (Å²) in [4.78, 5) is 26.4. The van der Waals surface area contributed by atoms with Gasteiger partial charge in [0.05, 0.1) is 18.2 Å². The quantitative estimate of drug-likeness (QED) is 0.517. The van der Waals surface area contributed by atoms with Crippen molar-refractivity contribution in [3.63, 3.8) is 0 Å². The summed E-state index contributed by atoms with van der Waals surface area (Å²) in [6.07, 6.45) is 4.82. The number of carbonyl (C=O) groups is 1. The van der Waals surface area contributed by atoms with E-state index in [0.717, 1.165) is 0 Å². The van der Waals surface area contributed by atoms with Crippen LogP contribution in [0, 0.1) is 10.1 Å². The maximum absolute atomic E-state index is 11.3. The first-order chi connectivity index (χ1) is 10.5. The standard InChI is InChI=1S/C14H13N3O4S/c1-15-10-5-3-9(7-11(10)17(19)20)4-6-13-16-8-12(22-13)14(18)21-2/h3-8,15H,1-2H3/b6-4+. The maximum atomic E-state index is 11.3. The van der Waals surface area contributed by atoms with Crippen LogP contribution in [0.25, 0.3) is 12.2 Å². The number of nitrogens with one attached hydrogen (secondary N) is 1. The molecular weight excluding hydrogens is 306 g/mol. The third kappa shape index (κ3) is 3.47. The summed E-state index contributed by atoms with van der Waals surface area (Å²) >= 11 is 1.18. The number of anilines is 1. The van der Waals surface area contributed by atoms with E-state index in [9.17, 15) is 14.9 Å². The van der Waals surface area contributed by atoms with Gasteiger partial charge in [0.1, 0.15) is 15.6 Å². The molecule has 8 heteroatoms. The van der Waals surface area contributed by atoms with Crippen LogP contribution in [0.3, 0.4) is 0 Å². The Balaban J connectivity index is 2.23. The highest BCUT2D eigenvalue weighted by atomic mass is 32.1. The van der Waals surface area contributed by atoms with Gasteiger partial charge in [0.2, 0.25) is 0 Å². The minimum absolute atomic E-state index is 0.000890. The monoisotopic (exact) mass is 319 g/mol. The average molecular weight is 319 g/mol. The number of carbonyl (C=O) groups excluding carboxylic acids is 1. The van der Waals surface area contributed by atoms with Gasteiger partial charge >= 0.3 is 5.97 Å². The number of aromatic nitrogens is 1. The highest BCUT2D eigenvalue weighted by molar-refractivity contribution is 7.14. The van der Waals surface area contributed by atoms with Gasteiger partial charge in [-0.15, -0.1) is 11.3 Å². The van der Waals surface area contributed by atoms with Crippen molar-refractivity contribution in [1.82, 2.24) is 4.98 Å². The molecule has 1 aromatic heterocycles. The molecule has 0 unspecified atom stereocenters. The van der Waals surface area contributed by atoms with Crippen molar-refractivity contribution in [3.8, 4) is 0 Å². The Labute approximate surface area is 130 Å². The van der Waals surface area contributed by atoms with Crippen LogP contribution < -0.4 is 5.32 Å². The summed E-state index contributed by atoms with van der Waals surface area (Å²) in [7, 11) is 2.93. The summed E-state index contributed by atoms with van der Waals surface area (Å²) in [5.74, 6) is -0.439. The molecule has 0 aliphatic carbocycles. The number of hydrogen-bond donors (Lipinski definition) is 1. The molecule has 0 saturated heterocycles.